The molecule has 2 aromatic rings. The molecule has 4 N–H and O–H groups in total. The van der Waals surface area contributed by atoms with Gasteiger partial charge in [0.25, 0.3) is 0 Å². The van der Waals surface area contributed by atoms with E-state index in [1.807, 2.05) is 5.38 Å². The third-order valence-electron chi connectivity index (χ3n) is 1.95. The van der Waals surface area contributed by atoms with Crippen LogP contribution in [0.25, 0.3) is 11.3 Å². The second kappa shape index (κ2) is 3.70. The zero-order valence-corrected chi connectivity index (χ0v) is 8.58. The predicted octanol–water partition coefficient (Wildman–Crippen LogP) is 1.80. The fraction of sp³-hybridized carbons (Fsp3) is 0. The molecule has 15 heavy (non-hydrogen) atoms. The topological polar surface area (TPSA) is 83.0 Å². The van der Waals surface area contributed by atoms with Gasteiger partial charge in [-0.25, -0.2) is 0 Å². The number of rotatable bonds is 2. The predicted molar refractivity (Wildman–Crippen MR) is 60.2 cm³/mol. The number of nitrogen functional groups attached to an aromatic ring is 1. The van der Waals surface area contributed by atoms with Gasteiger partial charge in [-0.05, 0) is 23.6 Å². The highest BCUT2D eigenvalue weighted by Gasteiger charge is 2.13. The van der Waals surface area contributed by atoms with Crippen molar-refractivity contribution >= 4 is 17.2 Å². The molecular formula is C10H9N3OS. The Labute approximate surface area is 90.5 Å². The second-order valence-corrected chi connectivity index (χ2v) is 3.86. The molecule has 0 unspecified atom stereocenters. The molecule has 0 aromatic carbocycles. The minimum Gasteiger partial charge on any atom is -0.506 e. The van der Waals surface area contributed by atoms with Crippen LogP contribution in [0.2, 0.25) is 0 Å². The quantitative estimate of drug-likeness (QED) is 0.532. The zero-order chi connectivity index (χ0) is 10.8. The van der Waals surface area contributed by atoms with Gasteiger partial charge in [0.15, 0.2) is 0 Å². The molecule has 0 aliphatic rings. The number of thiophene rings is 1. The molecular weight excluding hydrogens is 210 g/mol. The van der Waals surface area contributed by atoms with Crippen LogP contribution in [0.3, 0.4) is 0 Å². The molecule has 2 aromatic heterocycles. The van der Waals surface area contributed by atoms with E-state index < -0.39 is 0 Å². The van der Waals surface area contributed by atoms with Gasteiger partial charge in [-0.2, -0.15) is 0 Å². The molecule has 0 spiro atoms. The smallest absolute Gasteiger partial charge is 0.141 e. The summed E-state index contributed by atoms with van der Waals surface area (Å²) in [7, 11) is 0. The number of hydrogen-bond donors (Lipinski definition) is 3. The number of nitrogens with two attached hydrogens (primary N) is 1. The van der Waals surface area contributed by atoms with E-state index in [2.05, 4.69) is 4.98 Å². The van der Waals surface area contributed by atoms with Gasteiger partial charge in [-0.15, -0.1) is 11.3 Å². The monoisotopic (exact) mass is 219 g/mol. The summed E-state index contributed by atoms with van der Waals surface area (Å²) in [6.45, 7) is 0. The van der Waals surface area contributed by atoms with Crippen molar-refractivity contribution in [1.29, 1.82) is 5.41 Å². The van der Waals surface area contributed by atoms with E-state index in [1.54, 1.807) is 24.4 Å². The third-order valence-corrected chi connectivity index (χ3v) is 2.90. The number of amidine groups is 1. The van der Waals surface area contributed by atoms with Crippen LogP contribution in [0.5, 0.6) is 5.75 Å². The molecule has 2 rings (SSSR count). The van der Waals surface area contributed by atoms with Crippen LogP contribution in [0.15, 0.2) is 29.8 Å². The lowest BCUT2D eigenvalue weighted by atomic mass is 10.1. The summed E-state index contributed by atoms with van der Waals surface area (Å²) in [5.74, 6) is 0.0865. The van der Waals surface area contributed by atoms with Gasteiger partial charge in [0.2, 0.25) is 0 Å². The van der Waals surface area contributed by atoms with Crippen LogP contribution in [0.4, 0.5) is 0 Å². The van der Waals surface area contributed by atoms with Crippen LogP contribution in [-0.2, 0) is 0 Å². The molecule has 0 aliphatic heterocycles. The third kappa shape index (κ3) is 1.69. The fourth-order valence-corrected chi connectivity index (χ4v) is 2.07. The van der Waals surface area contributed by atoms with Gasteiger partial charge >= 0.3 is 0 Å². The molecule has 4 nitrogen and oxygen atoms in total. The Kier molecular flexibility index (Phi) is 2.39. The van der Waals surface area contributed by atoms with Crippen LogP contribution in [0.1, 0.15) is 4.88 Å². The number of nitrogens with zero attached hydrogens (tertiary/aromatic N) is 1. The van der Waals surface area contributed by atoms with Crippen LogP contribution in [0, 0.1) is 5.41 Å². The highest BCUT2D eigenvalue weighted by atomic mass is 32.1. The van der Waals surface area contributed by atoms with Gasteiger partial charge in [0.05, 0.1) is 4.88 Å². The molecule has 0 saturated heterocycles. The molecule has 5 heteroatoms. The summed E-state index contributed by atoms with van der Waals surface area (Å²) in [5.41, 5.74) is 6.59. The molecule has 0 bridgehead atoms. The van der Waals surface area contributed by atoms with E-state index >= 15 is 0 Å². The first-order chi connectivity index (χ1) is 7.20. The molecule has 76 valence electrons. The Bertz CT molecular complexity index is 507. The summed E-state index contributed by atoms with van der Waals surface area (Å²) in [6.07, 6.45) is 1.59. The average Bonchev–Trinajstić information content (AvgIpc) is 2.67. The van der Waals surface area contributed by atoms with Gasteiger partial charge in [0, 0.05) is 11.8 Å². The highest BCUT2D eigenvalue weighted by molar-refractivity contribution is 7.12. The van der Waals surface area contributed by atoms with Crippen molar-refractivity contribution in [1.82, 2.24) is 4.98 Å². The number of hydrogen-bond acceptors (Lipinski definition) is 4. The lowest BCUT2D eigenvalue weighted by Crippen LogP contribution is -2.10. The summed E-state index contributed by atoms with van der Waals surface area (Å²) >= 11 is 1.36. The van der Waals surface area contributed by atoms with E-state index in [-0.39, 0.29) is 11.6 Å². The number of aromatic nitrogens is 1. The minimum atomic E-state index is -0.00921. The summed E-state index contributed by atoms with van der Waals surface area (Å²) in [4.78, 5) is 4.70. The number of aromatic hydroxyl groups is 1. The van der Waals surface area contributed by atoms with E-state index in [9.17, 15) is 5.11 Å². The van der Waals surface area contributed by atoms with Crippen molar-refractivity contribution in [3.8, 4) is 17.0 Å². The lowest BCUT2D eigenvalue weighted by Gasteiger charge is -2.03. The van der Waals surface area contributed by atoms with Crippen molar-refractivity contribution in [3.05, 3.63) is 34.7 Å². The van der Waals surface area contributed by atoms with Gasteiger partial charge in [-0.3, -0.25) is 10.4 Å². The Morgan fingerprint density at radius 1 is 1.47 bits per heavy atom. The van der Waals surface area contributed by atoms with Crippen LogP contribution >= 0.6 is 11.3 Å². The zero-order valence-electron chi connectivity index (χ0n) is 7.77. The van der Waals surface area contributed by atoms with Gasteiger partial charge in [0.1, 0.15) is 17.3 Å². The van der Waals surface area contributed by atoms with E-state index in [0.717, 1.165) is 0 Å². The van der Waals surface area contributed by atoms with Gasteiger partial charge in [-0.1, -0.05) is 0 Å². The van der Waals surface area contributed by atoms with E-state index in [4.69, 9.17) is 11.1 Å². The first-order valence-corrected chi connectivity index (χ1v) is 5.14. The standard InChI is InChI=1S/C10H9N3OS/c11-10(12)9-6(3-5-15-9)8-7(14)2-1-4-13-8/h1-5,14H,(H3,11,12). The average molecular weight is 219 g/mol. The van der Waals surface area contributed by atoms with Crippen molar-refractivity contribution < 1.29 is 5.11 Å². The molecule has 2 heterocycles. The summed E-state index contributed by atoms with van der Waals surface area (Å²) in [5, 5.41) is 18.8. The Morgan fingerprint density at radius 3 is 2.93 bits per heavy atom. The SMILES string of the molecule is N=C(N)c1sccc1-c1ncccc1O. The van der Waals surface area contributed by atoms with E-state index in [0.29, 0.717) is 16.1 Å². The minimum absolute atomic E-state index is 0.00921. The molecule has 0 amide bonds. The second-order valence-electron chi connectivity index (χ2n) is 2.95. The Balaban J connectivity index is 2.59. The van der Waals surface area contributed by atoms with Crippen LogP contribution < -0.4 is 5.73 Å². The maximum Gasteiger partial charge on any atom is 0.141 e. The van der Waals surface area contributed by atoms with Crippen molar-refractivity contribution in [2.24, 2.45) is 5.73 Å². The molecule has 0 aliphatic carbocycles. The first kappa shape index (κ1) is 9.67. The number of nitrogens with one attached hydrogen (secondary N) is 1. The van der Waals surface area contributed by atoms with Crippen molar-refractivity contribution in [2.45, 2.75) is 0 Å². The van der Waals surface area contributed by atoms with Gasteiger partial charge < -0.3 is 10.8 Å². The molecule has 0 atom stereocenters. The molecule has 0 saturated carbocycles. The van der Waals surface area contributed by atoms with Crippen LogP contribution in [-0.4, -0.2) is 15.9 Å². The Morgan fingerprint density at radius 2 is 2.27 bits per heavy atom. The Hall–Kier alpha value is -1.88. The van der Waals surface area contributed by atoms with Crippen molar-refractivity contribution in [2.75, 3.05) is 0 Å². The summed E-state index contributed by atoms with van der Waals surface area (Å²) < 4.78 is 0. The molecule has 0 fully saturated rings. The highest BCUT2D eigenvalue weighted by Crippen LogP contribution is 2.31. The van der Waals surface area contributed by atoms with E-state index in [1.165, 1.54) is 11.3 Å². The van der Waals surface area contributed by atoms with Crippen molar-refractivity contribution in [3.63, 3.8) is 0 Å². The first-order valence-electron chi connectivity index (χ1n) is 4.26. The lowest BCUT2D eigenvalue weighted by molar-refractivity contribution is 0.475. The maximum absolute atomic E-state index is 9.62. The largest absolute Gasteiger partial charge is 0.506 e. The normalized spacial score (nSPS) is 10.1. The fourth-order valence-electron chi connectivity index (χ4n) is 1.31. The maximum atomic E-state index is 9.62. The number of pyridine rings is 1. The molecule has 0 radical (unpaired) electrons. The summed E-state index contributed by atoms with van der Waals surface area (Å²) in [6, 6.07) is 5.01.